The van der Waals surface area contributed by atoms with E-state index >= 15 is 0 Å². The van der Waals surface area contributed by atoms with Gasteiger partial charge in [0.15, 0.2) is 0 Å². The molecule has 7 heteroatoms. The number of amides is 2. The highest BCUT2D eigenvalue weighted by Gasteiger charge is 2.27. The molecule has 4 nitrogen and oxygen atoms in total. The molecular weight excluding hydrogens is 388 g/mol. The number of fused-ring (bicyclic) bond motifs is 1. The molecule has 1 heterocycles. The first-order chi connectivity index (χ1) is 12.4. The predicted octanol–water partition coefficient (Wildman–Crippen LogP) is 4.75. The fraction of sp³-hybridized carbons (Fsp3) is 0.368. The first kappa shape index (κ1) is 19.3. The molecular formula is C19H21ClN2O2S2. The first-order valence-electron chi connectivity index (χ1n) is 8.56. The van der Waals surface area contributed by atoms with Crippen molar-refractivity contribution in [2.45, 2.75) is 37.5 Å². The molecule has 138 valence electrons. The zero-order chi connectivity index (χ0) is 18.7. The van der Waals surface area contributed by atoms with Crippen molar-refractivity contribution in [3.8, 4) is 0 Å². The smallest absolute Gasteiger partial charge is 0.251 e. The number of carbonyl (C=O) groups excluding carboxylic acids is 2. The minimum absolute atomic E-state index is 0.0967. The third-order valence-electron chi connectivity index (χ3n) is 4.42. The molecule has 3 N–H and O–H groups in total. The average Bonchev–Trinajstić information content (AvgIpc) is 2.93. The van der Waals surface area contributed by atoms with Gasteiger partial charge in [0.05, 0.1) is 5.56 Å². The number of nitrogens with one attached hydrogen (secondary N) is 1. The van der Waals surface area contributed by atoms with Crippen LogP contribution in [0.1, 0.15) is 40.6 Å². The van der Waals surface area contributed by atoms with E-state index in [9.17, 15) is 9.59 Å². The van der Waals surface area contributed by atoms with E-state index in [1.165, 1.54) is 16.2 Å². The van der Waals surface area contributed by atoms with E-state index in [1.54, 1.807) is 11.8 Å². The van der Waals surface area contributed by atoms with Crippen molar-refractivity contribution in [3.05, 3.63) is 45.3 Å². The number of hydrogen-bond donors (Lipinski definition) is 2. The normalized spacial score (nSPS) is 16.2. The number of primary amides is 1. The number of anilines is 1. The van der Waals surface area contributed by atoms with Gasteiger partial charge in [-0.3, -0.25) is 9.59 Å². The first-order valence-corrected chi connectivity index (χ1v) is 10.7. The Hall–Kier alpha value is -1.50. The number of nitrogens with two attached hydrogens (primary N) is 1. The van der Waals surface area contributed by atoms with Crippen LogP contribution >= 0.6 is 34.7 Å². The highest BCUT2D eigenvalue weighted by Crippen LogP contribution is 2.39. The lowest BCUT2D eigenvalue weighted by atomic mass is 9.88. The van der Waals surface area contributed by atoms with Gasteiger partial charge in [0.25, 0.3) is 5.91 Å². The monoisotopic (exact) mass is 408 g/mol. The van der Waals surface area contributed by atoms with Gasteiger partial charge < -0.3 is 11.1 Å². The standard InChI is InChI=1S/C19H21ClN2O2S2/c1-11-2-7-14-15(10-11)26-19(17(14)18(21)24)22-16(23)8-9-25-13-5-3-12(20)4-6-13/h3-6,11H,2,7-10H2,1H3,(H2,21,24)(H,22,23)/t11-/m0/s1. The molecule has 2 amide bonds. The van der Waals surface area contributed by atoms with Gasteiger partial charge in [-0.15, -0.1) is 23.1 Å². The molecule has 0 fully saturated rings. The molecule has 0 saturated carbocycles. The summed E-state index contributed by atoms with van der Waals surface area (Å²) in [7, 11) is 0. The topological polar surface area (TPSA) is 72.2 Å². The molecule has 0 bridgehead atoms. The molecule has 0 spiro atoms. The second kappa shape index (κ2) is 8.46. The lowest BCUT2D eigenvalue weighted by Crippen LogP contribution is -2.19. The van der Waals surface area contributed by atoms with Crippen LogP contribution in [0.2, 0.25) is 5.02 Å². The lowest BCUT2D eigenvalue weighted by Gasteiger charge is -2.18. The highest BCUT2D eigenvalue weighted by molar-refractivity contribution is 7.99. The highest BCUT2D eigenvalue weighted by atomic mass is 35.5. The van der Waals surface area contributed by atoms with Crippen molar-refractivity contribution < 1.29 is 9.59 Å². The molecule has 1 aromatic carbocycles. The zero-order valence-corrected chi connectivity index (χ0v) is 16.9. The van der Waals surface area contributed by atoms with Crippen molar-refractivity contribution in [2.75, 3.05) is 11.1 Å². The summed E-state index contributed by atoms with van der Waals surface area (Å²) in [6, 6.07) is 7.54. The Kier molecular flexibility index (Phi) is 6.27. The van der Waals surface area contributed by atoms with Crippen LogP contribution in [0.4, 0.5) is 5.00 Å². The van der Waals surface area contributed by atoms with Gasteiger partial charge >= 0.3 is 0 Å². The molecule has 0 aliphatic heterocycles. The van der Waals surface area contributed by atoms with Crippen LogP contribution in [0, 0.1) is 5.92 Å². The molecule has 26 heavy (non-hydrogen) atoms. The van der Waals surface area contributed by atoms with Crippen molar-refractivity contribution >= 4 is 51.5 Å². The van der Waals surface area contributed by atoms with Gasteiger partial charge in [-0.25, -0.2) is 0 Å². The number of carbonyl (C=O) groups is 2. The van der Waals surface area contributed by atoms with Gasteiger partial charge in [-0.05, 0) is 55.0 Å². The van der Waals surface area contributed by atoms with Crippen molar-refractivity contribution in [3.63, 3.8) is 0 Å². The Balaban J connectivity index is 1.62. The maximum absolute atomic E-state index is 12.3. The Morgan fingerprint density at radius 3 is 2.77 bits per heavy atom. The Bertz CT molecular complexity index is 818. The lowest BCUT2D eigenvalue weighted by molar-refractivity contribution is -0.115. The number of benzene rings is 1. The number of thioether (sulfide) groups is 1. The molecule has 1 aromatic heterocycles. The predicted molar refractivity (Wildman–Crippen MR) is 109 cm³/mol. The number of rotatable bonds is 6. The van der Waals surface area contributed by atoms with E-state index in [2.05, 4.69) is 12.2 Å². The van der Waals surface area contributed by atoms with Crippen molar-refractivity contribution in [1.29, 1.82) is 0 Å². The summed E-state index contributed by atoms with van der Waals surface area (Å²) in [5.74, 6) is 0.700. The second-order valence-corrected chi connectivity index (χ2v) is 9.23. The molecule has 0 unspecified atom stereocenters. The van der Waals surface area contributed by atoms with Gasteiger partial charge in [0.1, 0.15) is 5.00 Å². The molecule has 0 radical (unpaired) electrons. The Labute approximate surface area is 166 Å². The van der Waals surface area contributed by atoms with Crippen molar-refractivity contribution in [1.82, 2.24) is 0 Å². The minimum Gasteiger partial charge on any atom is -0.365 e. The molecule has 1 aliphatic carbocycles. The van der Waals surface area contributed by atoms with Crippen LogP contribution in [0.3, 0.4) is 0 Å². The average molecular weight is 409 g/mol. The summed E-state index contributed by atoms with van der Waals surface area (Å²) in [5.41, 5.74) is 7.13. The van der Waals surface area contributed by atoms with E-state index in [0.29, 0.717) is 33.7 Å². The maximum atomic E-state index is 12.3. The van der Waals surface area contributed by atoms with Crippen LogP contribution in [0.15, 0.2) is 29.2 Å². The molecule has 1 atom stereocenters. The summed E-state index contributed by atoms with van der Waals surface area (Å²) >= 11 is 8.97. The second-order valence-electron chi connectivity index (χ2n) is 6.52. The van der Waals surface area contributed by atoms with Crippen molar-refractivity contribution in [2.24, 2.45) is 11.7 Å². The van der Waals surface area contributed by atoms with E-state index in [4.69, 9.17) is 17.3 Å². The Morgan fingerprint density at radius 1 is 1.35 bits per heavy atom. The largest absolute Gasteiger partial charge is 0.365 e. The van der Waals surface area contributed by atoms with Gasteiger partial charge in [-0.2, -0.15) is 0 Å². The summed E-state index contributed by atoms with van der Waals surface area (Å²) in [6.07, 6.45) is 3.22. The SMILES string of the molecule is C[C@H]1CCc2c(sc(NC(=O)CCSc3ccc(Cl)cc3)c2C(N)=O)C1. The van der Waals surface area contributed by atoms with Crippen LogP contribution in [-0.4, -0.2) is 17.6 Å². The summed E-state index contributed by atoms with van der Waals surface area (Å²) in [4.78, 5) is 26.5. The number of halogens is 1. The molecule has 1 aliphatic rings. The summed E-state index contributed by atoms with van der Waals surface area (Å²) in [5, 5.41) is 4.21. The number of thiophene rings is 1. The van der Waals surface area contributed by atoms with Gasteiger partial charge in [-0.1, -0.05) is 18.5 Å². The molecule has 0 saturated heterocycles. The summed E-state index contributed by atoms with van der Waals surface area (Å²) in [6.45, 7) is 2.21. The zero-order valence-electron chi connectivity index (χ0n) is 14.5. The van der Waals surface area contributed by atoms with Gasteiger partial charge in [0, 0.05) is 27.0 Å². The van der Waals surface area contributed by atoms with E-state index < -0.39 is 5.91 Å². The fourth-order valence-corrected chi connectivity index (χ4v) is 5.49. The summed E-state index contributed by atoms with van der Waals surface area (Å²) < 4.78 is 0. The minimum atomic E-state index is -0.456. The third kappa shape index (κ3) is 4.61. The van der Waals surface area contributed by atoms with E-state index in [-0.39, 0.29) is 5.91 Å². The van der Waals surface area contributed by atoms with Crippen LogP contribution in [0.5, 0.6) is 0 Å². The molecule has 3 rings (SSSR count). The maximum Gasteiger partial charge on any atom is 0.251 e. The molecule has 2 aromatic rings. The van der Waals surface area contributed by atoms with Gasteiger partial charge in [0.2, 0.25) is 5.91 Å². The quantitative estimate of drug-likeness (QED) is 0.677. The van der Waals surface area contributed by atoms with E-state index in [0.717, 1.165) is 29.7 Å². The fourth-order valence-electron chi connectivity index (χ4n) is 3.08. The third-order valence-corrected chi connectivity index (χ3v) is 6.86. The van der Waals surface area contributed by atoms with E-state index in [1.807, 2.05) is 24.3 Å². The van der Waals surface area contributed by atoms with Crippen LogP contribution in [-0.2, 0) is 17.6 Å². The number of hydrogen-bond acceptors (Lipinski definition) is 4. The Morgan fingerprint density at radius 2 is 2.08 bits per heavy atom. The van der Waals surface area contributed by atoms with Crippen LogP contribution < -0.4 is 11.1 Å². The van der Waals surface area contributed by atoms with Crippen LogP contribution in [0.25, 0.3) is 0 Å².